The molecule has 1 N–H and O–H groups in total. The molecule has 2 heterocycles. The second kappa shape index (κ2) is 3.37. The minimum absolute atomic E-state index is 0.479. The number of alkyl halides is 1. The maximum atomic E-state index is 5.75. The van der Waals surface area contributed by atoms with Crippen molar-refractivity contribution in [2.45, 2.75) is 18.8 Å². The molecule has 0 unspecified atom stereocenters. The highest BCUT2D eigenvalue weighted by molar-refractivity contribution is 6.17. The molecule has 3 nitrogen and oxygen atoms in total. The van der Waals surface area contributed by atoms with E-state index in [1.54, 1.807) is 6.33 Å². The standard InChI is InChI=1S/C8H10ClN3/c9-3-8-6-4-10-2-1-7(6)11-5-12-8/h5,10H,1-4H2. The van der Waals surface area contributed by atoms with Gasteiger partial charge in [0.15, 0.2) is 0 Å². The van der Waals surface area contributed by atoms with Crippen molar-refractivity contribution in [2.75, 3.05) is 6.54 Å². The van der Waals surface area contributed by atoms with Crippen molar-refractivity contribution < 1.29 is 0 Å². The summed E-state index contributed by atoms with van der Waals surface area (Å²) in [5.74, 6) is 0.479. The minimum Gasteiger partial charge on any atom is -0.312 e. The number of nitrogens with zero attached hydrogens (tertiary/aromatic N) is 2. The predicted molar refractivity (Wildman–Crippen MR) is 47.0 cm³/mol. The first-order valence-corrected chi connectivity index (χ1v) is 4.53. The van der Waals surface area contributed by atoms with Crippen molar-refractivity contribution in [3.8, 4) is 0 Å². The van der Waals surface area contributed by atoms with E-state index >= 15 is 0 Å². The molecule has 0 fully saturated rings. The number of halogens is 1. The Bertz CT molecular complexity index is 273. The van der Waals surface area contributed by atoms with Crippen LogP contribution in [0.3, 0.4) is 0 Å². The summed E-state index contributed by atoms with van der Waals surface area (Å²) < 4.78 is 0. The molecule has 0 spiro atoms. The Morgan fingerprint density at radius 1 is 1.50 bits per heavy atom. The smallest absolute Gasteiger partial charge is 0.116 e. The second-order valence-electron chi connectivity index (χ2n) is 2.81. The van der Waals surface area contributed by atoms with Gasteiger partial charge in [-0.1, -0.05) is 0 Å². The van der Waals surface area contributed by atoms with Crippen molar-refractivity contribution in [2.24, 2.45) is 0 Å². The first-order valence-electron chi connectivity index (χ1n) is 4.00. The van der Waals surface area contributed by atoms with Gasteiger partial charge in [-0.15, -0.1) is 11.6 Å². The van der Waals surface area contributed by atoms with Crippen LogP contribution in [0, 0.1) is 0 Å². The van der Waals surface area contributed by atoms with Crippen LogP contribution in [0.4, 0.5) is 0 Å². The third-order valence-corrected chi connectivity index (χ3v) is 2.34. The molecule has 0 aromatic carbocycles. The van der Waals surface area contributed by atoms with Crippen LogP contribution in [0.15, 0.2) is 6.33 Å². The van der Waals surface area contributed by atoms with Crippen LogP contribution in [0.5, 0.6) is 0 Å². The Hall–Kier alpha value is -0.670. The largest absolute Gasteiger partial charge is 0.312 e. The van der Waals surface area contributed by atoms with Gasteiger partial charge >= 0.3 is 0 Å². The van der Waals surface area contributed by atoms with E-state index in [4.69, 9.17) is 11.6 Å². The van der Waals surface area contributed by atoms with Gasteiger partial charge in [0, 0.05) is 30.8 Å². The molecule has 0 atom stereocenters. The van der Waals surface area contributed by atoms with Crippen LogP contribution in [0.1, 0.15) is 17.0 Å². The summed E-state index contributed by atoms with van der Waals surface area (Å²) in [7, 11) is 0. The fraction of sp³-hybridized carbons (Fsp3) is 0.500. The minimum atomic E-state index is 0.479. The van der Waals surface area contributed by atoms with Crippen molar-refractivity contribution >= 4 is 11.6 Å². The maximum absolute atomic E-state index is 5.75. The molecule has 1 aliphatic heterocycles. The van der Waals surface area contributed by atoms with Gasteiger partial charge in [0.25, 0.3) is 0 Å². The molecule has 0 radical (unpaired) electrons. The SMILES string of the molecule is ClCc1ncnc2c1CNCC2. The molecule has 0 amide bonds. The van der Waals surface area contributed by atoms with Crippen molar-refractivity contribution in [1.29, 1.82) is 0 Å². The monoisotopic (exact) mass is 183 g/mol. The zero-order valence-corrected chi connectivity index (χ0v) is 7.43. The first-order chi connectivity index (χ1) is 5.92. The van der Waals surface area contributed by atoms with E-state index in [1.807, 2.05) is 0 Å². The van der Waals surface area contributed by atoms with Gasteiger partial charge in [-0.2, -0.15) is 0 Å². The quantitative estimate of drug-likeness (QED) is 0.657. The lowest BCUT2D eigenvalue weighted by Gasteiger charge is -2.17. The molecule has 12 heavy (non-hydrogen) atoms. The Balaban J connectivity index is 2.44. The summed E-state index contributed by atoms with van der Waals surface area (Å²) in [5, 5.41) is 3.28. The Morgan fingerprint density at radius 2 is 2.42 bits per heavy atom. The Labute approximate surface area is 76.2 Å². The van der Waals surface area contributed by atoms with Crippen LogP contribution in [-0.2, 0) is 18.8 Å². The molecular formula is C8H10ClN3. The van der Waals surface area contributed by atoms with Gasteiger partial charge in [-0.25, -0.2) is 9.97 Å². The number of hydrogen-bond acceptors (Lipinski definition) is 3. The molecule has 2 rings (SSSR count). The average molecular weight is 184 g/mol. The molecule has 0 bridgehead atoms. The summed E-state index contributed by atoms with van der Waals surface area (Å²) in [6.45, 7) is 1.87. The summed E-state index contributed by atoms with van der Waals surface area (Å²) in [6, 6.07) is 0. The topological polar surface area (TPSA) is 37.8 Å². The first kappa shape index (κ1) is 7.95. The van der Waals surface area contributed by atoms with E-state index in [9.17, 15) is 0 Å². The summed E-state index contributed by atoms with van der Waals surface area (Å²) in [5.41, 5.74) is 3.31. The average Bonchev–Trinajstić information content (AvgIpc) is 2.17. The molecule has 0 aliphatic carbocycles. The molecular weight excluding hydrogens is 174 g/mol. The lowest BCUT2D eigenvalue weighted by Crippen LogP contribution is -2.26. The van der Waals surface area contributed by atoms with E-state index in [2.05, 4.69) is 15.3 Å². The fourth-order valence-electron chi connectivity index (χ4n) is 1.45. The number of fused-ring (bicyclic) bond motifs is 1. The van der Waals surface area contributed by atoms with Crippen molar-refractivity contribution in [3.63, 3.8) is 0 Å². The number of nitrogens with one attached hydrogen (secondary N) is 1. The molecule has 1 aromatic heterocycles. The van der Waals surface area contributed by atoms with Crippen molar-refractivity contribution in [3.05, 3.63) is 23.3 Å². The summed E-state index contributed by atoms with van der Waals surface area (Å²) in [6.07, 6.45) is 2.59. The van der Waals surface area contributed by atoms with E-state index in [1.165, 1.54) is 5.56 Å². The van der Waals surface area contributed by atoms with Crippen LogP contribution < -0.4 is 5.32 Å². The third-order valence-electron chi connectivity index (χ3n) is 2.09. The summed E-state index contributed by atoms with van der Waals surface area (Å²) >= 11 is 5.75. The van der Waals surface area contributed by atoms with E-state index in [0.717, 1.165) is 30.9 Å². The highest BCUT2D eigenvalue weighted by atomic mass is 35.5. The van der Waals surface area contributed by atoms with Gasteiger partial charge in [0.05, 0.1) is 11.6 Å². The van der Waals surface area contributed by atoms with Gasteiger partial charge in [-0.3, -0.25) is 0 Å². The second-order valence-corrected chi connectivity index (χ2v) is 3.07. The van der Waals surface area contributed by atoms with Crippen LogP contribution in [-0.4, -0.2) is 16.5 Å². The van der Waals surface area contributed by atoms with Crippen LogP contribution in [0.25, 0.3) is 0 Å². The number of rotatable bonds is 1. The number of hydrogen-bond donors (Lipinski definition) is 1. The Morgan fingerprint density at radius 3 is 3.25 bits per heavy atom. The molecule has 64 valence electrons. The number of aromatic nitrogens is 2. The molecule has 0 saturated heterocycles. The summed E-state index contributed by atoms with van der Waals surface area (Å²) in [4.78, 5) is 8.35. The zero-order valence-electron chi connectivity index (χ0n) is 6.68. The van der Waals surface area contributed by atoms with Gasteiger partial charge < -0.3 is 5.32 Å². The fourth-order valence-corrected chi connectivity index (χ4v) is 1.68. The molecule has 1 aliphatic rings. The molecule has 4 heteroatoms. The lowest BCUT2D eigenvalue weighted by molar-refractivity contribution is 0.620. The maximum Gasteiger partial charge on any atom is 0.116 e. The van der Waals surface area contributed by atoms with E-state index < -0.39 is 0 Å². The van der Waals surface area contributed by atoms with Gasteiger partial charge in [0.2, 0.25) is 0 Å². The normalized spacial score (nSPS) is 15.8. The highest BCUT2D eigenvalue weighted by Gasteiger charge is 2.13. The van der Waals surface area contributed by atoms with E-state index in [0.29, 0.717) is 5.88 Å². The van der Waals surface area contributed by atoms with Crippen molar-refractivity contribution in [1.82, 2.24) is 15.3 Å². The van der Waals surface area contributed by atoms with Crippen LogP contribution >= 0.6 is 11.6 Å². The van der Waals surface area contributed by atoms with Crippen LogP contribution in [0.2, 0.25) is 0 Å². The predicted octanol–water partition coefficient (Wildman–Crippen LogP) is 0.861. The Kier molecular flexibility index (Phi) is 2.23. The van der Waals surface area contributed by atoms with Gasteiger partial charge in [-0.05, 0) is 0 Å². The van der Waals surface area contributed by atoms with E-state index in [-0.39, 0.29) is 0 Å². The highest BCUT2D eigenvalue weighted by Crippen LogP contribution is 2.15. The molecule has 1 aromatic rings. The lowest BCUT2D eigenvalue weighted by atomic mass is 10.1. The third kappa shape index (κ3) is 1.30. The zero-order chi connectivity index (χ0) is 8.39. The van der Waals surface area contributed by atoms with Gasteiger partial charge in [0.1, 0.15) is 6.33 Å². The molecule has 0 saturated carbocycles.